The van der Waals surface area contributed by atoms with Crippen LogP contribution >= 0.6 is 0 Å². The molecule has 0 atom stereocenters. The second kappa shape index (κ2) is 10.6. The Morgan fingerprint density at radius 2 is 1.18 bits per heavy atom. The third kappa shape index (κ3) is 4.63. The maximum Gasteiger partial charge on any atom is 0.0473 e. The third-order valence-corrected chi connectivity index (χ3v) is 7.62. The summed E-state index contributed by atoms with van der Waals surface area (Å²) in [6.07, 6.45) is 7.82. The van der Waals surface area contributed by atoms with Crippen molar-refractivity contribution in [2.75, 3.05) is 4.90 Å². The Morgan fingerprint density at radius 3 is 1.85 bits per heavy atom. The topological polar surface area (TPSA) is 3.24 Å². The van der Waals surface area contributed by atoms with Gasteiger partial charge >= 0.3 is 0 Å². The average Bonchev–Trinajstić information content (AvgIpc) is 3.02. The van der Waals surface area contributed by atoms with Crippen LogP contribution in [0.1, 0.15) is 27.8 Å². The average molecular weight is 512 g/mol. The van der Waals surface area contributed by atoms with E-state index >= 15 is 0 Å². The van der Waals surface area contributed by atoms with Crippen molar-refractivity contribution in [3.8, 4) is 0 Å². The number of hydrogen-bond donors (Lipinski definition) is 0. The summed E-state index contributed by atoms with van der Waals surface area (Å²) >= 11 is 0. The zero-order chi connectivity index (χ0) is 26.7. The highest BCUT2D eigenvalue weighted by Crippen LogP contribution is 2.39. The molecule has 0 radical (unpaired) electrons. The fraction of sp³-hybridized carbons (Fsp3) is 0.0256. The number of anilines is 3. The number of para-hydroxylation sites is 1. The minimum Gasteiger partial charge on any atom is -0.310 e. The highest BCUT2D eigenvalue weighted by Gasteiger charge is 2.16. The van der Waals surface area contributed by atoms with Gasteiger partial charge < -0.3 is 4.90 Å². The van der Waals surface area contributed by atoms with Crippen LogP contribution in [0.4, 0.5) is 17.1 Å². The van der Waals surface area contributed by atoms with Crippen molar-refractivity contribution in [3.05, 3.63) is 179 Å². The van der Waals surface area contributed by atoms with Gasteiger partial charge in [0.25, 0.3) is 0 Å². The second-order valence-corrected chi connectivity index (χ2v) is 10.2. The van der Waals surface area contributed by atoms with E-state index in [0.717, 1.165) is 23.5 Å². The molecule has 40 heavy (non-hydrogen) atoms. The second-order valence-electron chi connectivity index (χ2n) is 10.2. The van der Waals surface area contributed by atoms with Crippen LogP contribution in [0, 0.1) is 0 Å². The van der Waals surface area contributed by atoms with E-state index in [1.54, 1.807) is 0 Å². The first-order valence-electron chi connectivity index (χ1n) is 13.8. The fourth-order valence-corrected chi connectivity index (χ4v) is 5.75. The minimum absolute atomic E-state index is 0.995. The summed E-state index contributed by atoms with van der Waals surface area (Å²) in [6, 6.07) is 52.1. The summed E-state index contributed by atoms with van der Waals surface area (Å²) < 4.78 is 0. The van der Waals surface area contributed by atoms with Gasteiger partial charge in [-0.1, -0.05) is 121 Å². The van der Waals surface area contributed by atoms with Gasteiger partial charge in [0.05, 0.1) is 0 Å². The molecule has 1 aliphatic carbocycles. The summed E-state index contributed by atoms with van der Waals surface area (Å²) in [5, 5.41) is 2.65. The van der Waals surface area contributed by atoms with E-state index in [1.165, 1.54) is 44.2 Å². The molecule has 0 spiro atoms. The lowest BCUT2D eigenvalue weighted by Gasteiger charge is -2.27. The molecule has 190 valence electrons. The molecule has 0 saturated carbocycles. The molecular formula is C39H29N. The molecule has 1 aliphatic rings. The molecule has 6 aromatic carbocycles. The van der Waals surface area contributed by atoms with Crippen molar-refractivity contribution in [2.45, 2.75) is 6.42 Å². The van der Waals surface area contributed by atoms with E-state index in [4.69, 9.17) is 0 Å². The molecule has 0 heterocycles. The quantitative estimate of drug-likeness (QED) is 0.201. The Kier molecular flexibility index (Phi) is 6.32. The van der Waals surface area contributed by atoms with Gasteiger partial charge in [-0.05, 0) is 93.1 Å². The predicted octanol–water partition coefficient (Wildman–Crippen LogP) is 10.5. The number of benzene rings is 6. The van der Waals surface area contributed by atoms with Crippen LogP contribution in [0.15, 0.2) is 152 Å². The van der Waals surface area contributed by atoms with Gasteiger partial charge in [-0.3, -0.25) is 0 Å². The highest BCUT2D eigenvalue weighted by atomic mass is 15.1. The van der Waals surface area contributed by atoms with Crippen LogP contribution in [-0.4, -0.2) is 0 Å². The Hall–Kier alpha value is -5.14. The Labute approximate surface area is 236 Å². The number of rotatable bonds is 6. The predicted molar refractivity (Wildman–Crippen MR) is 171 cm³/mol. The first kappa shape index (κ1) is 23.9. The normalized spacial score (nSPS) is 11.8. The monoisotopic (exact) mass is 511 g/mol. The Balaban J connectivity index is 1.33. The first-order chi connectivity index (χ1) is 19.8. The fourth-order valence-electron chi connectivity index (χ4n) is 5.75. The summed E-state index contributed by atoms with van der Waals surface area (Å²) in [7, 11) is 0. The molecule has 6 aromatic rings. The molecule has 0 amide bonds. The van der Waals surface area contributed by atoms with Crippen LogP contribution in [0.2, 0.25) is 0 Å². The van der Waals surface area contributed by atoms with Crippen molar-refractivity contribution < 1.29 is 0 Å². The molecule has 0 fully saturated rings. The molecule has 0 aromatic heterocycles. The van der Waals surface area contributed by atoms with Gasteiger partial charge in [-0.2, -0.15) is 0 Å². The molecule has 0 bridgehead atoms. The van der Waals surface area contributed by atoms with Crippen molar-refractivity contribution in [2.24, 2.45) is 0 Å². The number of hydrogen-bond acceptors (Lipinski definition) is 1. The van der Waals surface area contributed by atoms with E-state index in [1.807, 2.05) is 0 Å². The van der Waals surface area contributed by atoms with E-state index < -0.39 is 0 Å². The van der Waals surface area contributed by atoms with Gasteiger partial charge in [0.2, 0.25) is 0 Å². The van der Waals surface area contributed by atoms with Crippen molar-refractivity contribution in [1.82, 2.24) is 0 Å². The van der Waals surface area contributed by atoms with Crippen molar-refractivity contribution in [1.29, 1.82) is 0 Å². The standard InChI is InChI=1S/C39H29N/c1-4-12-30(13-5-1)38(31-14-6-2-7-15-31)26-29-22-24-36(25-23-29)40(35-20-8-3-9-21-35)37-27-33-18-10-16-32-17-11-19-34(28-37)39(32)33/h1-16,18-28H,17H2. The lowest BCUT2D eigenvalue weighted by atomic mass is 9.92. The summed E-state index contributed by atoms with van der Waals surface area (Å²) in [6.45, 7) is 0. The summed E-state index contributed by atoms with van der Waals surface area (Å²) in [5.41, 5.74) is 10.9. The van der Waals surface area contributed by atoms with E-state index in [-0.39, 0.29) is 0 Å². The lowest BCUT2D eigenvalue weighted by molar-refractivity contribution is 1.27. The minimum atomic E-state index is 0.995. The van der Waals surface area contributed by atoms with Crippen LogP contribution in [0.3, 0.4) is 0 Å². The van der Waals surface area contributed by atoms with E-state index in [2.05, 4.69) is 169 Å². The largest absolute Gasteiger partial charge is 0.310 e. The van der Waals surface area contributed by atoms with E-state index in [0.29, 0.717) is 0 Å². The van der Waals surface area contributed by atoms with Crippen molar-refractivity contribution >= 4 is 45.6 Å². The van der Waals surface area contributed by atoms with Crippen LogP contribution in [0.5, 0.6) is 0 Å². The van der Waals surface area contributed by atoms with Gasteiger partial charge in [0.1, 0.15) is 0 Å². The Morgan fingerprint density at radius 1 is 0.550 bits per heavy atom. The van der Waals surface area contributed by atoms with Crippen LogP contribution in [0.25, 0.3) is 28.5 Å². The van der Waals surface area contributed by atoms with E-state index in [9.17, 15) is 0 Å². The smallest absolute Gasteiger partial charge is 0.0473 e. The maximum absolute atomic E-state index is 2.36. The highest BCUT2D eigenvalue weighted by molar-refractivity contribution is 5.99. The molecule has 1 heteroatoms. The maximum atomic E-state index is 2.36. The SMILES string of the molecule is C1=Cc2cc(N(c3ccccc3)c3ccc(C=C(c4ccccc4)c4ccccc4)cc3)cc3cccc(c23)C1. The first-order valence-corrected chi connectivity index (χ1v) is 13.8. The number of allylic oxidation sites excluding steroid dienone is 1. The van der Waals surface area contributed by atoms with Gasteiger partial charge in [-0.25, -0.2) is 0 Å². The third-order valence-electron chi connectivity index (χ3n) is 7.62. The lowest BCUT2D eigenvalue weighted by Crippen LogP contribution is -2.10. The molecule has 0 aliphatic heterocycles. The zero-order valence-corrected chi connectivity index (χ0v) is 22.2. The zero-order valence-electron chi connectivity index (χ0n) is 22.2. The van der Waals surface area contributed by atoms with Crippen LogP contribution < -0.4 is 4.90 Å². The van der Waals surface area contributed by atoms with Crippen molar-refractivity contribution in [3.63, 3.8) is 0 Å². The van der Waals surface area contributed by atoms with Crippen LogP contribution in [-0.2, 0) is 6.42 Å². The summed E-state index contributed by atoms with van der Waals surface area (Å²) in [5.74, 6) is 0. The molecule has 0 unspecified atom stereocenters. The number of nitrogens with zero attached hydrogens (tertiary/aromatic N) is 1. The van der Waals surface area contributed by atoms with Gasteiger partial charge in [-0.15, -0.1) is 0 Å². The summed E-state index contributed by atoms with van der Waals surface area (Å²) in [4.78, 5) is 2.36. The molecule has 7 rings (SSSR count). The van der Waals surface area contributed by atoms with Gasteiger partial charge in [0.15, 0.2) is 0 Å². The molecule has 0 saturated heterocycles. The molecular weight excluding hydrogens is 482 g/mol. The molecule has 1 nitrogen and oxygen atoms in total. The molecule has 0 N–H and O–H groups in total. The Bertz CT molecular complexity index is 1790. The van der Waals surface area contributed by atoms with Gasteiger partial charge in [0, 0.05) is 17.1 Å².